The molecule has 0 amide bonds. The maximum atomic E-state index is 12.8. The van der Waals surface area contributed by atoms with Crippen LogP contribution in [0.1, 0.15) is 31.8 Å². The minimum absolute atomic E-state index is 0.0512. The molecule has 0 spiro atoms. The molecule has 4 heteroatoms. The van der Waals surface area contributed by atoms with Gasteiger partial charge in [-0.05, 0) is 60.7 Å². The second-order valence-electron chi connectivity index (χ2n) is 6.08. The Morgan fingerprint density at radius 2 is 0.964 bits per heavy atom. The number of phenolic OH excluding ortho intramolecular Hbond substituents is 2. The SMILES string of the molecule is C=C(C(=O)c1ccc(O)cc1)c1[c]cc[c]c1C(=C)C(=O)c1ccc(O)cc1. The molecule has 0 atom stereocenters. The lowest BCUT2D eigenvalue weighted by molar-refractivity contribution is 0.104. The first-order valence-corrected chi connectivity index (χ1v) is 8.37. The Hall–Kier alpha value is -3.92. The summed E-state index contributed by atoms with van der Waals surface area (Å²) in [5.41, 5.74) is 1.63. The Labute approximate surface area is 162 Å². The van der Waals surface area contributed by atoms with E-state index in [2.05, 4.69) is 25.3 Å². The summed E-state index contributed by atoms with van der Waals surface area (Å²) in [5, 5.41) is 18.8. The number of carbonyl (C=O) groups excluding carboxylic acids is 2. The van der Waals surface area contributed by atoms with Gasteiger partial charge in [-0.3, -0.25) is 9.59 Å². The third kappa shape index (κ3) is 3.76. The number of carbonyl (C=O) groups is 2. The Kier molecular flexibility index (Phi) is 5.23. The zero-order chi connectivity index (χ0) is 20.3. The summed E-state index contributed by atoms with van der Waals surface area (Å²) in [6.07, 6.45) is 0. The van der Waals surface area contributed by atoms with Crippen molar-refractivity contribution < 1.29 is 19.8 Å². The molecule has 0 unspecified atom stereocenters. The van der Waals surface area contributed by atoms with Crippen molar-refractivity contribution in [3.05, 3.63) is 108 Å². The van der Waals surface area contributed by atoms with Crippen LogP contribution in [0.15, 0.2) is 73.8 Å². The highest BCUT2D eigenvalue weighted by atomic mass is 16.3. The van der Waals surface area contributed by atoms with Gasteiger partial charge in [-0.15, -0.1) is 0 Å². The molecule has 3 rings (SSSR count). The smallest absolute Gasteiger partial charge is 0.193 e. The van der Waals surface area contributed by atoms with Gasteiger partial charge in [0.1, 0.15) is 11.5 Å². The number of benzene rings is 3. The molecular weight excluding hydrogens is 352 g/mol. The van der Waals surface area contributed by atoms with Crippen LogP contribution in [-0.4, -0.2) is 21.8 Å². The summed E-state index contributed by atoms with van der Waals surface area (Å²) in [6.45, 7) is 7.72. The lowest BCUT2D eigenvalue weighted by atomic mass is 9.89. The van der Waals surface area contributed by atoms with Crippen molar-refractivity contribution >= 4 is 22.7 Å². The van der Waals surface area contributed by atoms with E-state index in [0.29, 0.717) is 22.3 Å². The third-order valence-electron chi connectivity index (χ3n) is 4.20. The first-order chi connectivity index (χ1) is 13.4. The van der Waals surface area contributed by atoms with Gasteiger partial charge in [-0.1, -0.05) is 25.3 Å². The van der Waals surface area contributed by atoms with Gasteiger partial charge in [0.25, 0.3) is 0 Å². The summed E-state index contributed by atoms with van der Waals surface area (Å²) < 4.78 is 0. The summed E-state index contributed by atoms with van der Waals surface area (Å²) in [5.74, 6) is -0.616. The molecular formula is C24H16O4. The van der Waals surface area contributed by atoms with Crippen molar-refractivity contribution in [1.29, 1.82) is 0 Å². The Morgan fingerprint density at radius 3 is 1.29 bits per heavy atom. The van der Waals surface area contributed by atoms with Crippen molar-refractivity contribution in [2.45, 2.75) is 0 Å². The molecule has 2 radical (unpaired) electrons. The van der Waals surface area contributed by atoms with Crippen LogP contribution in [-0.2, 0) is 0 Å². The van der Waals surface area contributed by atoms with E-state index in [1.807, 2.05) is 0 Å². The molecule has 28 heavy (non-hydrogen) atoms. The molecule has 0 aliphatic heterocycles. The molecule has 136 valence electrons. The highest BCUT2D eigenvalue weighted by molar-refractivity contribution is 6.32. The van der Waals surface area contributed by atoms with E-state index in [4.69, 9.17) is 0 Å². The lowest BCUT2D eigenvalue weighted by Gasteiger charge is -2.13. The van der Waals surface area contributed by atoms with Gasteiger partial charge in [0.2, 0.25) is 0 Å². The van der Waals surface area contributed by atoms with Gasteiger partial charge in [0, 0.05) is 33.4 Å². The topological polar surface area (TPSA) is 74.6 Å². The number of hydrogen-bond acceptors (Lipinski definition) is 4. The highest BCUT2D eigenvalue weighted by Crippen LogP contribution is 2.28. The molecule has 3 aromatic carbocycles. The van der Waals surface area contributed by atoms with Crippen LogP contribution < -0.4 is 0 Å². The molecule has 3 aromatic rings. The van der Waals surface area contributed by atoms with E-state index in [-0.39, 0.29) is 34.2 Å². The van der Waals surface area contributed by atoms with Crippen molar-refractivity contribution in [1.82, 2.24) is 0 Å². The van der Waals surface area contributed by atoms with E-state index in [1.54, 1.807) is 12.1 Å². The van der Waals surface area contributed by atoms with Gasteiger partial charge in [-0.2, -0.15) is 0 Å². The average Bonchev–Trinajstić information content (AvgIpc) is 2.72. The number of aromatic hydroxyl groups is 2. The molecule has 0 aliphatic rings. The van der Waals surface area contributed by atoms with Gasteiger partial charge >= 0.3 is 0 Å². The molecule has 0 aliphatic carbocycles. The molecule has 0 aromatic heterocycles. The minimum atomic E-state index is -0.359. The second kappa shape index (κ2) is 7.76. The van der Waals surface area contributed by atoms with E-state index in [1.165, 1.54) is 48.5 Å². The number of hydrogen-bond donors (Lipinski definition) is 2. The second-order valence-corrected chi connectivity index (χ2v) is 6.08. The fourth-order valence-electron chi connectivity index (χ4n) is 2.67. The molecule has 0 saturated heterocycles. The normalized spacial score (nSPS) is 10.3. The number of Topliss-reactive ketones (excluding diaryl/α,β-unsaturated/α-hetero) is 2. The highest BCUT2D eigenvalue weighted by Gasteiger charge is 2.20. The van der Waals surface area contributed by atoms with Crippen LogP contribution >= 0.6 is 0 Å². The van der Waals surface area contributed by atoms with Gasteiger partial charge in [0.05, 0.1) is 0 Å². The summed E-state index contributed by atoms with van der Waals surface area (Å²) in [4.78, 5) is 25.5. The Bertz CT molecular complexity index is 986. The minimum Gasteiger partial charge on any atom is -0.508 e. The average molecular weight is 368 g/mol. The summed E-state index contributed by atoms with van der Waals surface area (Å²) in [7, 11) is 0. The monoisotopic (exact) mass is 368 g/mol. The maximum absolute atomic E-state index is 12.8. The van der Waals surface area contributed by atoms with Gasteiger partial charge < -0.3 is 10.2 Å². The van der Waals surface area contributed by atoms with Crippen LogP contribution in [0, 0.1) is 12.1 Å². The lowest BCUT2D eigenvalue weighted by Crippen LogP contribution is -2.08. The third-order valence-corrected chi connectivity index (χ3v) is 4.20. The van der Waals surface area contributed by atoms with Crippen LogP contribution in [0.2, 0.25) is 0 Å². The number of rotatable bonds is 6. The molecule has 4 nitrogen and oxygen atoms in total. The van der Waals surface area contributed by atoms with E-state index in [0.717, 1.165) is 0 Å². The predicted octanol–water partition coefficient (Wildman–Crippen LogP) is 4.49. The van der Waals surface area contributed by atoms with Crippen LogP contribution in [0.3, 0.4) is 0 Å². The maximum Gasteiger partial charge on any atom is 0.193 e. The van der Waals surface area contributed by atoms with Crippen molar-refractivity contribution in [2.24, 2.45) is 0 Å². The predicted molar refractivity (Wildman–Crippen MR) is 107 cm³/mol. The van der Waals surface area contributed by atoms with Crippen LogP contribution in [0.5, 0.6) is 11.5 Å². The van der Waals surface area contributed by atoms with Gasteiger partial charge in [0.15, 0.2) is 11.6 Å². The summed E-state index contributed by atoms with van der Waals surface area (Å²) in [6, 6.07) is 20.6. The Morgan fingerprint density at radius 1 is 0.643 bits per heavy atom. The number of allylic oxidation sites excluding steroid dienone is 2. The zero-order valence-corrected chi connectivity index (χ0v) is 14.9. The largest absolute Gasteiger partial charge is 0.508 e. The van der Waals surface area contributed by atoms with E-state index < -0.39 is 0 Å². The zero-order valence-electron chi connectivity index (χ0n) is 14.9. The molecule has 0 bridgehead atoms. The molecule has 0 saturated carbocycles. The van der Waals surface area contributed by atoms with Gasteiger partial charge in [-0.25, -0.2) is 0 Å². The first kappa shape index (κ1) is 18.9. The van der Waals surface area contributed by atoms with Crippen molar-refractivity contribution in [3.63, 3.8) is 0 Å². The molecule has 0 heterocycles. The fourth-order valence-corrected chi connectivity index (χ4v) is 2.67. The van der Waals surface area contributed by atoms with Crippen LogP contribution in [0.25, 0.3) is 11.1 Å². The summed E-state index contributed by atoms with van der Waals surface area (Å²) >= 11 is 0. The van der Waals surface area contributed by atoms with E-state index in [9.17, 15) is 19.8 Å². The van der Waals surface area contributed by atoms with Crippen molar-refractivity contribution in [2.75, 3.05) is 0 Å². The number of ketones is 2. The Balaban J connectivity index is 1.94. The quantitative estimate of drug-likeness (QED) is 0.497. The first-order valence-electron chi connectivity index (χ1n) is 8.37. The molecule has 2 N–H and O–H groups in total. The fraction of sp³-hybridized carbons (Fsp3) is 0. The van der Waals surface area contributed by atoms with Crippen LogP contribution in [0.4, 0.5) is 0 Å². The molecule has 0 fully saturated rings. The standard InChI is InChI=1S/C24H16O4/c1-15(23(27)17-7-11-19(25)12-8-17)21-5-3-4-6-22(21)16(2)24(28)18-9-13-20(26)14-10-18/h3-4,7-14,25-26H,1-2H2. The van der Waals surface area contributed by atoms with Crippen molar-refractivity contribution in [3.8, 4) is 11.5 Å². The van der Waals surface area contributed by atoms with E-state index >= 15 is 0 Å². The number of phenols is 2.